The van der Waals surface area contributed by atoms with E-state index >= 15 is 0 Å². The third-order valence-electron chi connectivity index (χ3n) is 1.97. The van der Waals surface area contributed by atoms with E-state index in [0.29, 0.717) is 17.1 Å². The van der Waals surface area contributed by atoms with E-state index in [4.69, 9.17) is 9.47 Å². The first-order valence-electron chi connectivity index (χ1n) is 4.63. The second kappa shape index (κ2) is 5.20. The maximum atomic E-state index is 10.6. The minimum absolute atomic E-state index is 0.124. The fourth-order valence-electron chi connectivity index (χ4n) is 1.11. The summed E-state index contributed by atoms with van der Waals surface area (Å²) in [5, 5.41) is 0. The van der Waals surface area contributed by atoms with Crippen LogP contribution in [-0.4, -0.2) is 19.5 Å². The van der Waals surface area contributed by atoms with Crippen molar-refractivity contribution in [2.24, 2.45) is 0 Å². The molecule has 0 saturated heterocycles. The molecule has 0 aliphatic rings. The van der Waals surface area contributed by atoms with E-state index in [2.05, 4.69) is 6.58 Å². The van der Waals surface area contributed by atoms with Gasteiger partial charge in [0.1, 0.15) is 12.4 Å². The largest absolute Gasteiger partial charge is 0.493 e. The summed E-state index contributed by atoms with van der Waals surface area (Å²) in [5.41, 5.74) is 0.557. The number of hydrogen-bond donors (Lipinski definition) is 0. The summed E-state index contributed by atoms with van der Waals surface area (Å²) < 4.78 is 10.6. The van der Waals surface area contributed by atoms with Crippen molar-refractivity contribution in [2.75, 3.05) is 7.11 Å². The van der Waals surface area contributed by atoms with Gasteiger partial charge in [0.2, 0.25) is 0 Å². The summed E-state index contributed by atoms with van der Waals surface area (Å²) in [6, 6.07) is 5.03. The van der Waals surface area contributed by atoms with Crippen molar-refractivity contribution in [3.05, 3.63) is 36.4 Å². The summed E-state index contributed by atoms with van der Waals surface area (Å²) >= 11 is 0. The highest BCUT2D eigenvalue weighted by molar-refractivity contribution is 5.76. The van der Waals surface area contributed by atoms with Gasteiger partial charge in [0.05, 0.1) is 7.11 Å². The van der Waals surface area contributed by atoms with E-state index in [0.717, 1.165) is 6.29 Å². The fraction of sp³-hybridized carbons (Fsp3) is 0.250. The maximum Gasteiger partial charge on any atom is 0.162 e. The Balaban J connectivity index is 3.00. The molecule has 0 amide bonds. The number of aldehydes is 1. The Morgan fingerprint density at radius 3 is 2.67 bits per heavy atom. The molecule has 0 aromatic heterocycles. The molecule has 0 spiro atoms. The van der Waals surface area contributed by atoms with Crippen LogP contribution in [0.15, 0.2) is 30.9 Å². The van der Waals surface area contributed by atoms with E-state index in [9.17, 15) is 4.79 Å². The predicted molar refractivity (Wildman–Crippen MR) is 58.7 cm³/mol. The van der Waals surface area contributed by atoms with Crippen molar-refractivity contribution in [2.45, 2.75) is 13.0 Å². The van der Waals surface area contributed by atoms with E-state index in [1.807, 2.05) is 6.92 Å². The Kier molecular flexibility index (Phi) is 3.92. The molecule has 1 aromatic rings. The number of carbonyl (C=O) groups excluding carboxylic acids is 1. The number of methoxy groups -OCH3 is 1. The number of ether oxygens (including phenoxy) is 2. The monoisotopic (exact) mass is 206 g/mol. The standard InChI is InChI=1S/C12H14O3/c1-4-9(2)15-12-7-10(8-13)5-6-11(12)14-3/h4-9H,1H2,2-3H3/t9-/m1/s1. The Bertz CT molecular complexity index is 358. The molecular formula is C12H14O3. The lowest BCUT2D eigenvalue weighted by atomic mass is 10.2. The molecule has 0 heterocycles. The quantitative estimate of drug-likeness (QED) is 0.548. The molecule has 0 fully saturated rings. The zero-order valence-corrected chi connectivity index (χ0v) is 8.90. The molecule has 3 nitrogen and oxygen atoms in total. The van der Waals surface area contributed by atoms with Gasteiger partial charge in [0, 0.05) is 5.56 Å². The minimum Gasteiger partial charge on any atom is -0.493 e. The number of rotatable bonds is 5. The van der Waals surface area contributed by atoms with Crippen LogP contribution in [0.5, 0.6) is 11.5 Å². The zero-order chi connectivity index (χ0) is 11.3. The van der Waals surface area contributed by atoms with Crippen molar-refractivity contribution in [3.63, 3.8) is 0 Å². The highest BCUT2D eigenvalue weighted by Crippen LogP contribution is 2.28. The average molecular weight is 206 g/mol. The molecular weight excluding hydrogens is 192 g/mol. The Labute approximate surface area is 89.3 Å². The number of carbonyl (C=O) groups is 1. The number of benzene rings is 1. The maximum absolute atomic E-state index is 10.6. The molecule has 0 radical (unpaired) electrons. The van der Waals surface area contributed by atoms with Gasteiger partial charge in [0.25, 0.3) is 0 Å². The van der Waals surface area contributed by atoms with Crippen LogP contribution in [0.1, 0.15) is 17.3 Å². The highest BCUT2D eigenvalue weighted by Gasteiger charge is 2.07. The number of hydrogen-bond acceptors (Lipinski definition) is 3. The summed E-state index contributed by atoms with van der Waals surface area (Å²) in [5.74, 6) is 1.16. The van der Waals surface area contributed by atoms with Gasteiger partial charge in [0.15, 0.2) is 11.5 Å². The molecule has 0 unspecified atom stereocenters. The van der Waals surface area contributed by atoms with Gasteiger partial charge in [-0.1, -0.05) is 12.7 Å². The third-order valence-corrected chi connectivity index (χ3v) is 1.97. The first-order chi connectivity index (χ1) is 7.21. The van der Waals surface area contributed by atoms with Crippen molar-refractivity contribution in [3.8, 4) is 11.5 Å². The topological polar surface area (TPSA) is 35.5 Å². The van der Waals surface area contributed by atoms with Gasteiger partial charge < -0.3 is 9.47 Å². The lowest BCUT2D eigenvalue weighted by molar-refractivity contribution is 0.112. The van der Waals surface area contributed by atoms with Gasteiger partial charge in [-0.05, 0) is 25.1 Å². The normalized spacial score (nSPS) is 11.6. The molecule has 0 N–H and O–H groups in total. The lowest BCUT2D eigenvalue weighted by Crippen LogP contribution is -2.08. The van der Waals surface area contributed by atoms with Crippen molar-refractivity contribution in [1.82, 2.24) is 0 Å². The first kappa shape index (κ1) is 11.3. The van der Waals surface area contributed by atoms with Gasteiger partial charge in [-0.2, -0.15) is 0 Å². The van der Waals surface area contributed by atoms with Crippen LogP contribution in [0.3, 0.4) is 0 Å². The predicted octanol–water partition coefficient (Wildman–Crippen LogP) is 2.46. The Morgan fingerprint density at radius 1 is 1.40 bits per heavy atom. The van der Waals surface area contributed by atoms with E-state index in [-0.39, 0.29) is 6.10 Å². The molecule has 0 saturated carbocycles. The minimum atomic E-state index is -0.124. The second-order valence-electron chi connectivity index (χ2n) is 3.09. The summed E-state index contributed by atoms with van der Waals surface area (Å²) in [4.78, 5) is 10.6. The molecule has 80 valence electrons. The van der Waals surface area contributed by atoms with Gasteiger partial charge >= 0.3 is 0 Å². The van der Waals surface area contributed by atoms with Crippen LogP contribution in [0.2, 0.25) is 0 Å². The summed E-state index contributed by atoms with van der Waals surface area (Å²) in [6.45, 7) is 5.48. The van der Waals surface area contributed by atoms with Gasteiger partial charge in [-0.15, -0.1) is 0 Å². The van der Waals surface area contributed by atoms with Crippen LogP contribution < -0.4 is 9.47 Å². The lowest BCUT2D eigenvalue weighted by Gasteiger charge is -2.14. The smallest absolute Gasteiger partial charge is 0.162 e. The van der Waals surface area contributed by atoms with Crippen LogP contribution >= 0.6 is 0 Å². The summed E-state index contributed by atoms with van der Waals surface area (Å²) in [7, 11) is 1.56. The van der Waals surface area contributed by atoms with E-state index in [1.54, 1.807) is 31.4 Å². The molecule has 15 heavy (non-hydrogen) atoms. The second-order valence-corrected chi connectivity index (χ2v) is 3.09. The Morgan fingerprint density at radius 2 is 2.13 bits per heavy atom. The third kappa shape index (κ3) is 2.84. The zero-order valence-electron chi connectivity index (χ0n) is 8.90. The molecule has 1 aromatic carbocycles. The molecule has 1 atom stereocenters. The van der Waals surface area contributed by atoms with Gasteiger partial charge in [-0.25, -0.2) is 0 Å². The van der Waals surface area contributed by atoms with Crippen molar-refractivity contribution < 1.29 is 14.3 Å². The molecule has 0 aliphatic heterocycles. The Hall–Kier alpha value is -1.77. The molecule has 3 heteroatoms. The van der Waals surface area contributed by atoms with E-state index in [1.165, 1.54) is 0 Å². The highest BCUT2D eigenvalue weighted by atomic mass is 16.5. The van der Waals surface area contributed by atoms with Crippen LogP contribution in [0.4, 0.5) is 0 Å². The molecule has 0 bridgehead atoms. The van der Waals surface area contributed by atoms with Crippen molar-refractivity contribution >= 4 is 6.29 Å². The van der Waals surface area contributed by atoms with E-state index < -0.39 is 0 Å². The molecule has 0 aliphatic carbocycles. The van der Waals surface area contributed by atoms with Gasteiger partial charge in [-0.3, -0.25) is 4.79 Å². The SMILES string of the molecule is C=C[C@@H](C)Oc1cc(C=O)ccc1OC. The van der Waals surface area contributed by atoms with Crippen LogP contribution in [0, 0.1) is 0 Å². The first-order valence-corrected chi connectivity index (χ1v) is 4.63. The van der Waals surface area contributed by atoms with Crippen LogP contribution in [-0.2, 0) is 0 Å². The molecule has 1 rings (SSSR count). The summed E-state index contributed by atoms with van der Waals surface area (Å²) in [6.07, 6.45) is 2.32. The fourth-order valence-corrected chi connectivity index (χ4v) is 1.11. The average Bonchev–Trinajstić information content (AvgIpc) is 2.28. The van der Waals surface area contributed by atoms with Crippen LogP contribution in [0.25, 0.3) is 0 Å². The van der Waals surface area contributed by atoms with Crippen molar-refractivity contribution in [1.29, 1.82) is 0 Å².